The van der Waals surface area contributed by atoms with E-state index in [-0.39, 0.29) is 12.2 Å². The molecule has 160 valence electrons. The Bertz CT molecular complexity index is 1120. The molecule has 0 radical (unpaired) electrons. The molecule has 0 spiro atoms. The van der Waals surface area contributed by atoms with Crippen molar-refractivity contribution in [1.82, 2.24) is 0 Å². The number of aliphatic carboxylic acids is 2. The number of ether oxygens (including phenoxy) is 1. The number of carboxylic acids is 2. The van der Waals surface area contributed by atoms with E-state index in [9.17, 15) is 28.7 Å². The first-order valence-electron chi connectivity index (χ1n) is 9.30. The lowest BCUT2D eigenvalue weighted by Gasteiger charge is -2.17. The highest BCUT2D eigenvalue weighted by Gasteiger charge is 2.86. The summed E-state index contributed by atoms with van der Waals surface area (Å²) in [6.45, 7) is 2.92. The number of halogens is 2. The minimum absolute atomic E-state index is 0.141. The van der Waals surface area contributed by atoms with Crippen LogP contribution in [0.4, 0.5) is 8.78 Å². The molecule has 1 saturated carbocycles. The van der Waals surface area contributed by atoms with Gasteiger partial charge >= 0.3 is 11.9 Å². The average molecular weight is 427 g/mol. The highest BCUT2D eigenvalue weighted by atomic mass is 19.1. The van der Waals surface area contributed by atoms with Crippen LogP contribution in [0.1, 0.15) is 19.4 Å². The van der Waals surface area contributed by atoms with Gasteiger partial charge in [-0.3, -0.25) is 4.79 Å². The molecule has 2 N–H and O–H groups in total. The maximum atomic E-state index is 14.3. The molecule has 1 aliphatic carbocycles. The summed E-state index contributed by atoms with van der Waals surface area (Å²) in [6, 6.07) is 14.0. The minimum Gasteiger partial charge on any atom is -0.481 e. The number of hydrogen-bond acceptors (Lipinski definition) is 4. The number of allylic oxidation sites excluding steroid dienone is 1. The molecule has 31 heavy (non-hydrogen) atoms. The first-order valence-corrected chi connectivity index (χ1v) is 9.30. The molecule has 0 bridgehead atoms. The van der Waals surface area contributed by atoms with Crippen molar-refractivity contribution < 1.29 is 33.3 Å². The Labute approximate surface area is 177 Å². The molecule has 2 aromatic rings. The van der Waals surface area contributed by atoms with Crippen molar-refractivity contribution in [2.75, 3.05) is 0 Å². The van der Waals surface area contributed by atoms with Crippen molar-refractivity contribution in [2.24, 2.45) is 16.2 Å². The third kappa shape index (κ3) is 3.22. The molecule has 0 aromatic heterocycles. The fraction of sp³-hybridized carbons (Fsp3) is 0.261. The summed E-state index contributed by atoms with van der Waals surface area (Å²) >= 11 is 0. The maximum Gasteiger partial charge on any atom is 0.364 e. The number of para-hydroxylation sites is 1. The van der Waals surface area contributed by atoms with E-state index >= 15 is 0 Å². The van der Waals surface area contributed by atoms with Gasteiger partial charge in [0.05, 0.1) is 6.07 Å². The fourth-order valence-corrected chi connectivity index (χ4v) is 4.35. The number of hydrogen-bond donors (Lipinski definition) is 2. The summed E-state index contributed by atoms with van der Waals surface area (Å²) in [7, 11) is 0. The van der Waals surface area contributed by atoms with E-state index in [1.807, 2.05) is 6.07 Å². The van der Waals surface area contributed by atoms with E-state index in [0.717, 1.165) is 6.07 Å². The summed E-state index contributed by atoms with van der Waals surface area (Å²) < 4.78 is 33.8. The molecule has 2 aromatic carbocycles. The molecule has 6 nitrogen and oxygen atoms in total. The van der Waals surface area contributed by atoms with Gasteiger partial charge < -0.3 is 14.9 Å². The zero-order valence-electron chi connectivity index (χ0n) is 16.7. The Morgan fingerprint density at radius 3 is 2.35 bits per heavy atom. The van der Waals surface area contributed by atoms with Gasteiger partial charge in [0.1, 0.15) is 16.6 Å². The lowest BCUT2D eigenvalue weighted by Crippen LogP contribution is -2.26. The molecular formula is C23H19F2NO5. The summed E-state index contributed by atoms with van der Waals surface area (Å²) in [4.78, 5) is 23.3. The number of carbonyl (C=O) groups is 2. The molecule has 1 fully saturated rings. The number of nitriles is 1. The Kier molecular flexibility index (Phi) is 5.32. The molecule has 1 aliphatic rings. The Morgan fingerprint density at radius 1 is 1.16 bits per heavy atom. The molecular weight excluding hydrogens is 408 g/mol. The van der Waals surface area contributed by atoms with Gasteiger partial charge in [-0.1, -0.05) is 38.1 Å². The van der Waals surface area contributed by atoms with Crippen LogP contribution in [0.2, 0.25) is 0 Å². The van der Waals surface area contributed by atoms with Gasteiger partial charge in [-0.25, -0.2) is 9.18 Å². The van der Waals surface area contributed by atoms with Crippen LogP contribution >= 0.6 is 0 Å². The molecule has 8 heteroatoms. The van der Waals surface area contributed by atoms with Crippen molar-refractivity contribution in [3.63, 3.8) is 0 Å². The second-order valence-electron chi connectivity index (χ2n) is 7.91. The van der Waals surface area contributed by atoms with E-state index in [2.05, 4.69) is 0 Å². The van der Waals surface area contributed by atoms with Crippen LogP contribution in [0.15, 0.2) is 60.4 Å². The zero-order chi connectivity index (χ0) is 23.0. The minimum atomic E-state index is -1.91. The van der Waals surface area contributed by atoms with Crippen LogP contribution in [0.3, 0.4) is 0 Å². The molecule has 0 aliphatic heterocycles. The quantitative estimate of drug-likeness (QED) is 0.619. The Hall–Kier alpha value is -3.73. The van der Waals surface area contributed by atoms with Crippen LogP contribution in [-0.2, 0) is 16.0 Å². The zero-order valence-corrected chi connectivity index (χ0v) is 16.7. The summed E-state index contributed by atoms with van der Waals surface area (Å²) in [5, 5.41) is 28.7. The van der Waals surface area contributed by atoms with Gasteiger partial charge in [0.2, 0.25) is 5.83 Å². The molecule has 1 unspecified atom stereocenters. The summed E-state index contributed by atoms with van der Waals surface area (Å²) in [5.74, 6) is -5.32. The fourth-order valence-electron chi connectivity index (χ4n) is 4.35. The molecule has 0 saturated heterocycles. The maximum absolute atomic E-state index is 14.3. The normalized spacial score (nSPS) is 24.2. The first kappa shape index (κ1) is 22.0. The molecule has 0 amide bonds. The van der Waals surface area contributed by atoms with E-state index in [4.69, 9.17) is 9.84 Å². The van der Waals surface area contributed by atoms with E-state index < -0.39 is 39.8 Å². The monoisotopic (exact) mass is 427 g/mol. The molecule has 0 heterocycles. The van der Waals surface area contributed by atoms with Gasteiger partial charge in [-0.15, -0.1) is 0 Å². The van der Waals surface area contributed by atoms with Crippen molar-refractivity contribution >= 4 is 11.9 Å². The largest absolute Gasteiger partial charge is 0.481 e. The highest BCUT2D eigenvalue weighted by molar-refractivity contribution is 5.88. The van der Waals surface area contributed by atoms with Gasteiger partial charge in [0, 0.05) is 5.41 Å². The van der Waals surface area contributed by atoms with Gasteiger partial charge in [0.25, 0.3) is 0 Å². The van der Waals surface area contributed by atoms with E-state index in [1.54, 1.807) is 30.3 Å². The second kappa shape index (κ2) is 7.51. The van der Waals surface area contributed by atoms with Crippen LogP contribution < -0.4 is 4.74 Å². The third-order valence-corrected chi connectivity index (χ3v) is 6.19. The average Bonchev–Trinajstić information content (AvgIpc) is 3.14. The molecule has 3 rings (SSSR count). The predicted molar refractivity (Wildman–Crippen MR) is 105 cm³/mol. The van der Waals surface area contributed by atoms with Crippen LogP contribution in [0, 0.1) is 33.4 Å². The number of rotatable bonds is 7. The SMILES string of the molecule is CC1(C)C(C#N)(C=C(F)C(=O)O)[C@@]1(Cc1ccc(F)c(Oc2ccccc2)c1)C(=O)O. The van der Waals surface area contributed by atoms with Gasteiger partial charge in [0.15, 0.2) is 11.6 Å². The lowest BCUT2D eigenvalue weighted by atomic mass is 9.86. The van der Waals surface area contributed by atoms with E-state index in [1.165, 1.54) is 26.0 Å². The first-order chi connectivity index (χ1) is 14.5. The van der Waals surface area contributed by atoms with Crippen molar-refractivity contribution in [3.05, 3.63) is 71.8 Å². The highest BCUT2D eigenvalue weighted by Crippen LogP contribution is 2.80. The standard InChI is InChI=1S/C23H19F2NO5/c1-21(2)22(13-26,12-17(25)19(27)28)23(21,20(29)30)11-14-8-9-16(24)18(10-14)31-15-6-4-3-5-7-15/h3-10,12H,11H2,1-2H3,(H,27,28)(H,29,30)/t22?,23-/m0/s1. The summed E-state index contributed by atoms with van der Waals surface area (Å²) in [5.41, 5.74) is -4.71. The Morgan fingerprint density at radius 2 is 1.81 bits per heavy atom. The summed E-state index contributed by atoms with van der Waals surface area (Å²) in [6.07, 6.45) is 0.298. The number of nitrogens with zero attached hydrogens (tertiary/aromatic N) is 1. The lowest BCUT2D eigenvalue weighted by molar-refractivity contribution is -0.145. The van der Waals surface area contributed by atoms with Crippen molar-refractivity contribution in [1.29, 1.82) is 5.26 Å². The van der Waals surface area contributed by atoms with Crippen LogP contribution in [0.25, 0.3) is 0 Å². The topological polar surface area (TPSA) is 108 Å². The molecule has 2 atom stereocenters. The number of carboxylic acid groups (broad SMARTS) is 2. The third-order valence-electron chi connectivity index (χ3n) is 6.19. The predicted octanol–water partition coefficient (Wildman–Crippen LogP) is 4.72. The van der Waals surface area contributed by atoms with E-state index in [0.29, 0.717) is 17.4 Å². The smallest absolute Gasteiger partial charge is 0.364 e. The van der Waals surface area contributed by atoms with Crippen LogP contribution in [-0.4, -0.2) is 22.2 Å². The van der Waals surface area contributed by atoms with Crippen LogP contribution in [0.5, 0.6) is 11.5 Å². The Balaban J connectivity index is 2.04. The second-order valence-corrected chi connectivity index (χ2v) is 7.91. The van der Waals surface area contributed by atoms with Crippen molar-refractivity contribution in [3.8, 4) is 17.6 Å². The van der Waals surface area contributed by atoms with Gasteiger partial charge in [-0.2, -0.15) is 9.65 Å². The van der Waals surface area contributed by atoms with Crippen molar-refractivity contribution in [2.45, 2.75) is 20.3 Å². The number of benzene rings is 2. The van der Waals surface area contributed by atoms with Gasteiger partial charge in [-0.05, 0) is 42.3 Å².